The van der Waals surface area contributed by atoms with Crippen molar-refractivity contribution in [2.24, 2.45) is 11.8 Å². The second-order valence-electron chi connectivity index (χ2n) is 2.86. The third kappa shape index (κ3) is 1.20. The summed E-state index contributed by atoms with van der Waals surface area (Å²) in [6.45, 7) is 4.27. The zero-order chi connectivity index (χ0) is 7.07. The van der Waals surface area contributed by atoms with Crippen molar-refractivity contribution in [3.8, 4) is 0 Å². The SMILES string of the molecule is CCC[C@H]1[C@H](C)C1(Cl)Cl. The molecule has 0 nitrogen and oxygen atoms in total. The molecule has 0 amide bonds. The molecule has 0 heterocycles. The molecule has 0 aromatic rings. The van der Waals surface area contributed by atoms with Gasteiger partial charge in [-0.05, 0) is 18.3 Å². The number of rotatable bonds is 2. The average Bonchev–Trinajstić information content (AvgIpc) is 2.19. The Balaban J connectivity index is 2.33. The zero-order valence-corrected chi connectivity index (χ0v) is 7.34. The van der Waals surface area contributed by atoms with E-state index >= 15 is 0 Å². The van der Waals surface area contributed by atoms with E-state index in [2.05, 4.69) is 13.8 Å². The van der Waals surface area contributed by atoms with Crippen LogP contribution in [0.5, 0.6) is 0 Å². The van der Waals surface area contributed by atoms with Gasteiger partial charge in [0.05, 0.1) is 0 Å². The lowest BCUT2D eigenvalue weighted by atomic mass is 10.2. The van der Waals surface area contributed by atoms with Crippen LogP contribution in [0.4, 0.5) is 0 Å². The van der Waals surface area contributed by atoms with Crippen LogP contribution in [0.3, 0.4) is 0 Å². The molecule has 0 N–H and O–H groups in total. The normalized spacial score (nSPS) is 38.7. The molecule has 1 saturated carbocycles. The van der Waals surface area contributed by atoms with Crippen molar-refractivity contribution in [1.82, 2.24) is 0 Å². The number of hydrogen-bond donors (Lipinski definition) is 0. The van der Waals surface area contributed by atoms with Crippen molar-refractivity contribution in [2.75, 3.05) is 0 Å². The maximum absolute atomic E-state index is 5.90. The van der Waals surface area contributed by atoms with Crippen LogP contribution in [0.2, 0.25) is 0 Å². The first-order valence-corrected chi connectivity index (χ1v) is 4.24. The maximum atomic E-state index is 5.90. The molecular formula is C7H12Cl2. The molecule has 1 aliphatic rings. The van der Waals surface area contributed by atoms with Crippen molar-refractivity contribution in [2.45, 2.75) is 31.0 Å². The van der Waals surface area contributed by atoms with Crippen LogP contribution in [0.15, 0.2) is 0 Å². The quantitative estimate of drug-likeness (QED) is 0.554. The van der Waals surface area contributed by atoms with Crippen molar-refractivity contribution in [3.05, 3.63) is 0 Å². The highest BCUT2D eigenvalue weighted by atomic mass is 35.5. The lowest BCUT2D eigenvalue weighted by Crippen LogP contribution is -1.88. The third-order valence-corrected chi connectivity index (χ3v) is 3.44. The van der Waals surface area contributed by atoms with Crippen LogP contribution in [0.25, 0.3) is 0 Å². The monoisotopic (exact) mass is 166 g/mol. The first-order chi connectivity index (χ1) is 4.10. The molecule has 1 rings (SSSR count). The van der Waals surface area contributed by atoms with Crippen LogP contribution in [0, 0.1) is 11.8 Å². The predicted octanol–water partition coefficient (Wildman–Crippen LogP) is 3.23. The lowest BCUT2D eigenvalue weighted by Gasteiger charge is -1.93. The standard InChI is InChI=1S/C7H12Cl2/c1-3-4-6-5(2)7(6,8)9/h5-6H,3-4H2,1-2H3/t5-,6-/m0/s1. The van der Waals surface area contributed by atoms with Crippen molar-refractivity contribution < 1.29 is 0 Å². The summed E-state index contributed by atoms with van der Waals surface area (Å²) in [6.07, 6.45) is 2.37. The van der Waals surface area contributed by atoms with Gasteiger partial charge < -0.3 is 0 Å². The number of hydrogen-bond acceptors (Lipinski definition) is 0. The van der Waals surface area contributed by atoms with Crippen LogP contribution in [-0.2, 0) is 0 Å². The Hall–Kier alpha value is 0.580. The molecule has 9 heavy (non-hydrogen) atoms. The van der Waals surface area contributed by atoms with Gasteiger partial charge in [-0.25, -0.2) is 0 Å². The van der Waals surface area contributed by atoms with Gasteiger partial charge in [0, 0.05) is 0 Å². The molecular weight excluding hydrogens is 155 g/mol. The molecule has 0 aromatic carbocycles. The summed E-state index contributed by atoms with van der Waals surface area (Å²) in [5.74, 6) is 1.08. The summed E-state index contributed by atoms with van der Waals surface area (Å²) in [5.41, 5.74) is 0. The van der Waals surface area contributed by atoms with Gasteiger partial charge >= 0.3 is 0 Å². The summed E-state index contributed by atoms with van der Waals surface area (Å²) in [4.78, 5) is 0. The van der Waals surface area contributed by atoms with Crippen LogP contribution in [0.1, 0.15) is 26.7 Å². The minimum Gasteiger partial charge on any atom is -0.101 e. The molecule has 0 aliphatic heterocycles. The summed E-state index contributed by atoms with van der Waals surface area (Å²) < 4.78 is -0.379. The minimum absolute atomic E-state index is 0.379. The van der Waals surface area contributed by atoms with Gasteiger partial charge in [0.25, 0.3) is 0 Å². The van der Waals surface area contributed by atoms with Gasteiger partial charge in [-0.3, -0.25) is 0 Å². The fraction of sp³-hybridized carbons (Fsp3) is 1.00. The topological polar surface area (TPSA) is 0 Å². The molecule has 0 aromatic heterocycles. The lowest BCUT2D eigenvalue weighted by molar-refractivity contribution is 0.657. The molecule has 0 radical (unpaired) electrons. The summed E-state index contributed by atoms with van der Waals surface area (Å²) in [6, 6.07) is 0. The number of halogens is 2. The molecule has 0 bridgehead atoms. The molecule has 0 unspecified atom stereocenters. The van der Waals surface area contributed by atoms with E-state index in [0.717, 1.165) is 0 Å². The van der Waals surface area contributed by atoms with Gasteiger partial charge in [0.2, 0.25) is 0 Å². The van der Waals surface area contributed by atoms with E-state index < -0.39 is 0 Å². The van der Waals surface area contributed by atoms with E-state index in [-0.39, 0.29) is 4.33 Å². The predicted molar refractivity (Wildman–Crippen MR) is 42.0 cm³/mol. The second kappa shape index (κ2) is 2.32. The molecule has 1 aliphatic carbocycles. The third-order valence-electron chi connectivity index (χ3n) is 2.20. The second-order valence-corrected chi connectivity index (χ2v) is 4.30. The van der Waals surface area contributed by atoms with Gasteiger partial charge in [0.1, 0.15) is 4.33 Å². The smallest absolute Gasteiger partial charge is 0.101 e. The Kier molecular flexibility index (Phi) is 1.98. The van der Waals surface area contributed by atoms with E-state index in [1.807, 2.05) is 0 Å². The van der Waals surface area contributed by atoms with Gasteiger partial charge in [-0.1, -0.05) is 20.3 Å². The van der Waals surface area contributed by atoms with Gasteiger partial charge in [-0.2, -0.15) is 0 Å². The average molecular weight is 167 g/mol. The van der Waals surface area contributed by atoms with Crippen LogP contribution >= 0.6 is 23.2 Å². The van der Waals surface area contributed by atoms with E-state index in [4.69, 9.17) is 23.2 Å². The van der Waals surface area contributed by atoms with Crippen LogP contribution < -0.4 is 0 Å². The Morgan fingerprint density at radius 2 is 1.89 bits per heavy atom. The highest BCUT2D eigenvalue weighted by molar-refractivity contribution is 6.51. The van der Waals surface area contributed by atoms with Crippen molar-refractivity contribution >= 4 is 23.2 Å². The van der Waals surface area contributed by atoms with E-state index in [9.17, 15) is 0 Å². The van der Waals surface area contributed by atoms with Crippen molar-refractivity contribution in [3.63, 3.8) is 0 Å². The highest BCUT2D eigenvalue weighted by Gasteiger charge is 2.59. The molecule has 1 fully saturated rings. The van der Waals surface area contributed by atoms with Gasteiger partial charge in [-0.15, -0.1) is 23.2 Å². The van der Waals surface area contributed by atoms with Gasteiger partial charge in [0.15, 0.2) is 0 Å². The zero-order valence-electron chi connectivity index (χ0n) is 5.82. The molecule has 2 heteroatoms. The van der Waals surface area contributed by atoms with E-state index in [1.54, 1.807) is 0 Å². The number of alkyl halides is 2. The molecule has 0 spiro atoms. The Bertz CT molecular complexity index is 109. The highest BCUT2D eigenvalue weighted by Crippen LogP contribution is 2.60. The molecule has 2 atom stereocenters. The van der Waals surface area contributed by atoms with E-state index in [1.165, 1.54) is 12.8 Å². The summed E-state index contributed by atoms with van der Waals surface area (Å²) in [7, 11) is 0. The Labute approximate surface area is 66.5 Å². The maximum Gasteiger partial charge on any atom is 0.124 e. The van der Waals surface area contributed by atoms with Crippen LogP contribution in [-0.4, -0.2) is 4.33 Å². The minimum atomic E-state index is -0.379. The molecule has 0 saturated heterocycles. The first-order valence-electron chi connectivity index (χ1n) is 3.48. The fourth-order valence-electron chi connectivity index (χ4n) is 1.31. The van der Waals surface area contributed by atoms with Crippen molar-refractivity contribution in [1.29, 1.82) is 0 Å². The van der Waals surface area contributed by atoms with E-state index in [0.29, 0.717) is 11.8 Å². The Morgan fingerprint density at radius 3 is 2.00 bits per heavy atom. The first kappa shape index (κ1) is 7.68. The fourth-order valence-corrected chi connectivity index (χ4v) is 2.09. The summed E-state index contributed by atoms with van der Waals surface area (Å²) in [5, 5.41) is 0. The molecule has 54 valence electrons. The summed E-state index contributed by atoms with van der Waals surface area (Å²) >= 11 is 11.8. The largest absolute Gasteiger partial charge is 0.124 e. The Morgan fingerprint density at radius 1 is 1.44 bits per heavy atom.